The molecule has 1 amide bonds. The zero-order valence-electron chi connectivity index (χ0n) is 44.6. The second-order valence-electron chi connectivity index (χ2n) is 20.1. The van der Waals surface area contributed by atoms with Crippen molar-refractivity contribution in [1.82, 2.24) is 5.32 Å². The molecule has 0 aliphatic heterocycles. The molecule has 0 aromatic carbocycles. The number of hydrogen-bond acceptors (Lipinski definition) is 7. The molecule has 0 aromatic heterocycles. The molecule has 0 fully saturated rings. The highest BCUT2D eigenvalue weighted by Gasteiger charge is 2.27. The van der Waals surface area contributed by atoms with Crippen molar-refractivity contribution in [2.75, 3.05) is 40.9 Å². The molecule has 10 heteroatoms. The van der Waals surface area contributed by atoms with E-state index in [1.807, 2.05) is 33.3 Å². The topological polar surface area (TPSA) is 114 Å². The Bertz CT molecular complexity index is 1290. The van der Waals surface area contributed by atoms with Gasteiger partial charge in [-0.25, -0.2) is 0 Å². The Morgan fingerprint density at radius 1 is 0.522 bits per heavy atom. The van der Waals surface area contributed by atoms with Crippen LogP contribution in [0.25, 0.3) is 0 Å². The van der Waals surface area contributed by atoms with E-state index in [1.54, 1.807) is 0 Å². The number of rotatable bonds is 50. The number of carbonyl (C=O) groups excluding carboxylic acids is 2. The minimum absolute atomic E-state index is 0.0246. The highest BCUT2D eigenvalue weighted by atomic mass is 31.2. The zero-order chi connectivity index (χ0) is 49.4. The standard InChI is InChI=1S/C57H107N2O7P/c1-7-10-13-16-19-22-25-26-27-28-29-30-31-32-35-37-40-43-46-49-56(60)58-54(53-65-67(62,63)64-52-51-59(4,5)6)55(48-45-42-39-36-33-23-20-17-14-11-8-2)66-57(61)50-47-44-41-38-34-24-21-18-15-12-9-3/h19,22,26-27,29-30,45,48,54-55H,7-18,20-21,23-25,28,31-44,46-47,49-53H2,1-6H3,(H-,58,60,62,63)/b22-19-,27-26-,30-29-,48-45-. The Balaban J connectivity index is 5.31. The summed E-state index contributed by atoms with van der Waals surface area (Å²) in [6.07, 6.45) is 56.4. The van der Waals surface area contributed by atoms with Crippen molar-refractivity contribution >= 4 is 19.7 Å². The van der Waals surface area contributed by atoms with Gasteiger partial charge in [0.05, 0.1) is 33.8 Å². The van der Waals surface area contributed by atoms with Gasteiger partial charge in [-0.3, -0.25) is 14.2 Å². The number of phosphoric acid groups is 1. The number of hydrogen-bond donors (Lipinski definition) is 1. The Kier molecular flexibility index (Phi) is 46.2. The van der Waals surface area contributed by atoms with E-state index in [9.17, 15) is 19.0 Å². The van der Waals surface area contributed by atoms with Gasteiger partial charge in [0.2, 0.25) is 5.91 Å². The Labute approximate surface area is 414 Å². The van der Waals surface area contributed by atoms with Crippen molar-refractivity contribution in [1.29, 1.82) is 0 Å². The van der Waals surface area contributed by atoms with Crippen LogP contribution in [0.1, 0.15) is 252 Å². The molecule has 392 valence electrons. The van der Waals surface area contributed by atoms with Crippen molar-refractivity contribution < 1.29 is 37.3 Å². The lowest BCUT2D eigenvalue weighted by atomic mass is 10.0. The van der Waals surface area contributed by atoms with Gasteiger partial charge in [-0.2, -0.15) is 0 Å². The number of unbranched alkanes of at least 4 members (excludes halogenated alkanes) is 28. The van der Waals surface area contributed by atoms with Gasteiger partial charge in [-0.05, 0) is 70.3 Å². The van der Waals surface area contributed by atoms with Crippen LogP contribution in [0.5, 0.6) is 0 Å². The molecule has 0 saturated heterocycles. The molecule has 67 heavy (non-hydrogen) atoms. The first-order valence-electron chi connectivity index (χ1n) is 27.9. The molecule has 1 N–H and O–H groups in total. The van der Waals surface area contributed by atoms with Crippen LogP contribution < -0.4 is 10.2 Å². The fraction of sp³-hybridized carbons (Fsp3) is 0.825. The number of amides is 1. The third-order valence-electron chi connectivity index (χ3n) is 12.3. The van der Waals surface area contributed by atoms with E-state index in [0.717, 1.165) is 89.9 Å². The summed E-state index contributed by atoms with van der Waals surface area (Å²) in [5.41, 5.74) is 0. The maximum atomic E-state index is 13.4. The summed E-state index contributed by atoms with van der Waals surface area (Å²) in [4.78, 5) is 39.7. The third kappa shape index (κ3) is 48.8. The predicted molar refractivity (Wildman–Crippen MR) is 284 cm³/mol. The van der Waals surface area contributed by atoms with Gasteiger partial charge in [0.25, 0.3) is 7.82 Å². The Morgan fingerprint density at radius 2 is 0.910 bits per heavy atom. The molecule has 3 unspecified atom stereocenters. The predicted octanol–water partition coefficient (Wildman–Crippen LogP) is 15.9. The SMILES string of the molecule is CCCCC/C=C\C/C=C\C/C=C\CCCCCCCCC(=O)NC(COP(=O)([O-])OCC[N+](C)(C)C)C(/C=C\CCCCCCCCCCC)OC(=O)CCCCCCCCCCCCC. The van der Waals surface area contributed by atoms with Gasteiger partial charge >= 0.3 is 5.97 Å². The molecule has 0 aliphatic rings. The number of nitrogens with one attached hydrogen (secondary N) is 1. The smallest absolute Gasteiger partial charge is 0.306 e. The quantitative estimate of drug-likeness (QED) is 0.0212. The molecule has 0 rings (SSSR count). The second-order valence-corrected chi connectivity index (χ2v) is 21.5. The molecule has 0 bridgehead atoms. The van der Waals surface area contributed by atoms with Crippen molar-refractivity contribution in [2.24, 2.45) is 0 Å². The maximum absolute atomic E-state index is 13.4. The average molecular weight is 963 g/mol. The molecular weight excluding hydrogens is 856 g/mol. The Hall–Kier alpha value is -2.03. The summed E-state index contributed by atoms with van der Waals surface area (Å²) in [6, 6.07) is -0.891. The van der Waals surface area contributed by atoms with E-state index >= 15 is 0 Å². The molecule has 0 heterocycles. The van der Waals surface area contributed by atoms with Crippen LogP contribution in [0.2, 0.25) is 0 Å². The van der Waals surface area contributed by atoms with E-state index < -0.39 is 26.6 Å². The van der Waals surface area contributed by atoms with Crippen molar-refractivity contribution in [3.8, 4) is 0 Å². The van der Waals surface area contributed by atoms with E-state index in [4.69, 9.17) is 13.8 Å². The lowest BCUT2D eigenvalue weighted by Crippen LogP contribution is -2.47. The summed E-state index contributed by atoms with van der Waals surface area (Å²) >= 11 is 0. The molecule has 0 aromatic rings. The summed E-state index contributed by atoms with van der Waals surface area (Å²) < 4.78 is 30.1. The Morgan fingerprint density at radius 3 is 1.39 bits per heavy atom. The van der Waals surface area contributed by atoms with E-state index in [-0.39, 0.29) is 24.9 Å². The van der Waals surface area contributed by atoms with Crippen LogP contribution in [0.3, 0.4) is 0 Å². The van der Waals surface area contributed by atoms with E-state index in [0.29, 0.717) is 17.4 Å². The summed E-state index contributed by atoms with van der Waals surface area (Å²) in [5, 5.41) is 3.01. The van der Waals surface area contributed by atoms with Crippen molar-refractivity contribution in [3.05, 3.63) is 48.6 Å². The maximum Gasteiger partial charge on any atom is 0.306 e. The fourth-order valence-corrected chi connectivity index (χ4v) is 8.60. The average Bonchev–Trinajstić information content (AvgIpc) is 3.28. The number of esters is 1. The second kappa shape index (κ2) is 47.6. The van der Waals surface area contributed by atoms with Crippen molar-refractivity contribution in [2.45, 2.75) is 264 Å². The third-order valence-corrected chi connectivity index (χ3v) is 13.2. The van der Waals surface area contributed by atoms with Crippen LogP contribution in [-0.2, 0) is 27.9 Å². The van der Waals surface area contributed by atoms with Gasteiger partial charge in [-0.15, -0.1) is 0 Å². The molecule has 3 atom stereocenters. The van der Waals surface area contributed by atoms with Gasteiger partial charge in [0.1, 0.15) is 19.3 Å². The minimum Gasteiger partial charge on any atom is -0.756 e. The number of carbonyl (C=O) groups is 2. The molecule has 0 spiro atoms. The molecule has 0 aliphatic carbocycles. The summed E-state index contributed by atoms with van der Waals surface area (Å²) in [7, 11) is 1.18. The lowest BCUT2D eigenvalue weighted by Gasteiger charge is -2.30. The largest absolute Gasteiger partial charge is 0.756 e. The molecule has 0 saturated carbocycles. The highest BCUT2D eigenvalue weighted by Crippen LogP contribution is 2.38. The minimum atomic E-state index is -4.69. The van der Waals surface area contributed by atoms with E-state index in [1.165, 1.54) is 128 Å². The van der Waals surface area contributed by atoms with E-state index in [2.05, 4.69) is 62.5 Å². The van der Waals surface area contributed by atoms with Crippen LogP contribution in [-0.4, -0.2) is 69.4 Å². The van der Waals surface area contributed by atoms with Crippen molar-refractivity contribution in [3.63, 3.8) is 0 Å². The van der Waals surface area contributed by atoms with Crippen LogP contribution in [0, 0.1) is 0 Å². The number of quaternary nitrogens is 1. The summed E-state index contributed by atoms with van der Waals surface area (Å²) in [6.45, 7) is 6.79. The van der Waals surface area contributed by atoms with Gasteiger partial charge in [0, 0.05) is 12.8 Å². The van der Waals surface area contributed by atoms with Crippen LogP contribution in [0.15, 0.2) is 48.6 Å². The highest BCUT2D eigenvalue weighted by molar-refractivity contribution is 7.45. The number of likely N-dealkylation sites (N-methyl/N-ethyl adjacent to an activating group) is 1. The van der Waals surface area contributed by atoms with Gasteiger partial charge in [0.15, 0.2) is 0 Å². The molecule has 9 nitrogen and oxygen atoms in total. The number of ether oxygens (including phenoxy) is 1. The van der Waals surface area contributed by atoms with Gasteiger partial charge < -0.3 is 28.5 Å². The first-order valence-corrected chi connectivity index (χ1v) is 29.4. The normalized spacial score (nSPS) is 14.2. The van der Waals surface area contributed by atoms with Crippen LogP contribution >= 0.6 is 7.82 Å². The number of phosphoric ester groups is 1. The number of nitrogens with zero attached hydrogens (tertiary/aromatic N) is 1. The monoisotopic (exact) mass is 963 g/mol. The van der Waals surface area contributed by atoms with Gasteiger partial charge in [-0.1, -0.05) is 217 Å². The molecular formula is C57H107N2O7P. The lowest BCUT2D eigenvalue weighted by molar-refractivity contribution is -0.870. The first-order chi connectivity index (χ1) is 32.4. The fourth-order valence-electron chi connectivity index (χ4n) is 7.88. The summed E-state index contributed by atoms with van der Waals surface area (Å²) in [5.74, 6) is -0.553. The van der Waals surface area contributed by atoms with Crippen LogP contribution in [0.4, 0.5) is 0 Å². The number of allylic oxidation sites excluding steroid dienone is 7. The first kappa shape index (κ1) is 65.0. The molecule has 0 radical (unpaired) electrons. The zero-order valence-corrected chi connectivity index (χ0v) is 45.5.